The van der Waals surface area contributed by atoms with Crippen LogP contribution in [0.15, 0.2) is 28.7 Å². The first kappa shape index (κ1) is 17.1. The average Bonchev–Trinajstić information content (AvgIpc) is 3.37. The second-order valence-electron chi connectivity index (χ2n) is 6.92. The van der Waals surface area contributed by atoms with Crippen LogP contribution in [0.2, 0.25) is 0 Å². The Bertz CT molecular complexity index is 797. The molecule has 1 saturated carbocycles. The summed E-state index contributed by atoms with van der Waals surface area (Å²) < 4.78 is 43.6. The van der Waals surface area contributed by atoms with Crippen molar-refractivity contribution in [2.45, 2.75) is 37.8 Å². The van der Waals surface area contributed by atoms with Crippen molar-refractivity contribution in [2.24, 2.45) is 5.92 Å². The second-order valence-corrected chi connectivity index (χ2v) is 6.92. The molecule has 0 bridgehead atoms. The number of hydrogen-bond acceptors (Lipinski definition) is 4. The van der Waals surface area contributed by atoms with Crippen LogP contribution in [0.25, 0.3) is 11.5 Å². The Hall–Kier alpha value is -2.38. The van der Waals surface area contributed by atoms with Gasteiger partial charge in [-0.2, -0.15) is 13.2 Å². The minimum atomic E-state index is -4.38. The lowest BCUT2D eigenvalue weighted by Crippen LogP contribution is -2.40. The lowest BCUT2D eigenvalue weighted by molar-refractivity contribution is -0.137. The fourth-order valence-electron chi connectivity index (χ4n) is 3.29. The SMILES string of the molecule is O=C(C1CC1)N1CCCC(c2nnc(-c3ccc(C(F)(F)F)cc3)o2)C1. The number of nitrogens with zero attached hydrogens (tertiary/aromatic N) is 3. The first-order valence-corrected chi connectivity index (χ1v) is 8.71. The van der Waals surface area contributed by atoms with Gasteiger partial charge in [0.2, 0.25) is 17.7 Å². The summed E-state index contributed by atoms with van der Waals surface area (Å²) in [7, 11) is 0. The molecular weight excluding hydrogens is 347 g/mol. The predicted octanol–water partition coefficient (Wildman–Crippen LogP) is 3.87. The molecule has 0 radical (unpaired) electrons. The summed E-state index contributed by atoms with van der Waals surface area (Å²) in [5, 5.41) is 8.03. The largest absolute Gasteiger partial charge is 0.420 e. The Morgan fingerprint density at radius 1 is 1.12 bits per heavy atom. The van der Waals surface area contributed by atoms with Gasteiger partial charge in [-0.05, 0) is 49.9 Å². The number of hydrogen-bond donors (Lipinski definition) is 0. The first-order chi connectivity index (χ1) is 12.4. The summed E-state index contributed by atoms with van der Waals surface area (Å²) in [4.78, 5) is 14.1. The summed E-state index contributed by atoms with van der Waals surface area (Å²) in [6.07, 6.45) is -0.709. The molecule has 2 aromatic rings. The van der Waals surface area contributed by atoms with Crippen LogP contribution >= 0.6 is 0 Å². The van der Waals surface area contributed by atoms with Crippen LogP contribution in [-0.4, -0.2) is 34.1 Å². The second kappa shape index (κ2) is 6.41. The molecule has 138 valence electrons. The van der Waals surface area contributed by atoms with E-state index in [1.165, 1.54) is 12.1 Å². The van der Waals surface area contributed by atoms with Crippen LogP contribution in [0, 0.1) is 5.92 Å². The summed E-state index contributed by atoms with van der Waals surface area (Å²) in [5.41, 5.74) is -0.277. The zero-order chi connectivity index (χ0) is 18.3. The molecular formula is C18H18F3N3O2. The van der Waals surface area contributed by atoms with Crippen molar-refractivity contribution in [3.8, 4) is 11.5 Å². The number of piperidine rings is 1. The molecule has 1 saturated heterocycles. The number of rotatable bonds is 3. The number of aromatic nitrogens is 2. The fraction of sp³-hybridized carbons (Fsp3) is 0.500. The molecule has 2 aliphatic rings. The van der Waals surface area contributed by atoms with E-state index >= 15 is 0 Å². The van der Waals surface area contributed by atoms with E-state index in [0.717, 1.165) is 44.4 Å². The third-order valence-corrected chi connectivity index (χ3v) is 4.91. The van der Waals surface area contributed by atoms with Crippen molar-refractivity contribution in [2.75, 3.05) is 13.1 Å². The van der Waals surface area contributed by atoms with Gasteiger partial charge in [-0.1, -0.05) is 0 Å². The van der Waals surface area contributed by atoms with Crippen LogP contribution < -0.4 is 0 Å². The zero-order valence-electron chi connectivity index (χ0n) is 14.0. The summed E-state index contributed by atoms with van der Waals surface area (Å²) >= 11 is 0. The van der Waals surface area contributed by atoms with E-state index in [1.54, 1.807) is 0 Å². The van der Waals surface area contributed by atoms with E-state index in [9.17, 15) is 18.0 Å². The number of amides is 1. The molecule has 1 amide bonds. The minimum absolute atomic E-state index is 0.0258. The molecule has 2 fully saturated rings. The molecule has 1 aliphatic heterocycles. The number of carbonyl (C=O) groups is 1. The van der Waals surface area contributed by atoms with Gasteiger partial charge in [-0.15, -0.1) is 10.2 Å². The van der Waals surface area contributed by atoms with Crippen molar-refractivity contribution in [3.05, 3.63) is 35.7 Å². The van der Waals surface area contributed by atoms with Gasteiger partial charge in [0.25, 0.3) is 0 Å². The number of alkyl halides is 3. The maximum absolute atomic E-state index is 12.6. The molecule has 8 heteroatoms. The molecule has 26 heavy (non-hydrogen) atoms. The molecule has 1 aromatic heterocycles. The van der Waals surface area contributed by atoms with E-state index in [1.807, 2.05) is 4.90 Å². The average molecular weight is 365 g/mol. The molecule has 1 aromatic carbocycles. The molecule has 1 unspecified atom stereocenters. The predicted molar refractivity (Wildman–Crippen MR) is 86.0 cm³/mol. The van der Waals surface area contributed by atoms with Gasteiger partial charge in [0.1, 0.15) is 0 Å². The molecule has 0 N–H and O–H groups in total. The van der Waals surface area contributed by atoms with Crippen molar-refractivity contribution >= 4 is 5.91 Å². The monoisotopic (exact) mass is 365 g/mol. The van der Waals surface area contributed by atoms with Gasteiger partial charge in [0.15, 0.2) is 0 Å². The number of carbonyl (C=O) groups excluding carboxylic acids is 1. The van der Waals surface area contributed by atoms with Gasteiger partial charge >= 0.3 is 6.18 Å². The van der Waals surface area contributed by atoms with E-state index in [2.05, 4.69) is 10.2 Å². The van der Waals surface area contributed by atoms with Crippen molar-refractivity contribution in [3.63, 3.8) is 0 Å². The highest BCUT2D eigenvalue weighted by Crippen LogP contribution is 2.35. The maximum atomic E-state index is 12.6. The molecule has 5 nitrogen and oxygen atoms in total. The highest BCUT2D eigenvalue weighted by atomic mass is 19.4. The van der Waals surface area contributed by atoms with Crippen LogP contribution in [0.5, 0.6) is 0 Å². The van der Waals surface area contributed by atoms with Gasteiger partial charge in [-0.25, -0.2) is 0 Å². The van der Waals surface area contributed by atoms with Gasteiger partial charge in [0, 0.05) is 24.6 Å². The Labute approximate surface area is 148 Å². The third kappa shape index (κ3) is 3.45. The lowest BCUT2D eigenvalue weighted by atomic mass is 9.97. The van der Waals surface area contributed by atoms with Crippen molar-refractivity contribution in [1.82, 2.24) is 15.1 Å². The lowest BCUT2D eigenvalue weighted by Gasteiger charge is -2.31. The molecule has 0 spiro atoms. The summed E-state index contributed by atoms with van der Waals surface area (Å²) in [6.45, 7) is 1.32. The molecule has 4 rings (SSSR count). The summed E-state index contributed by atoms with van der Waals surface area (Å²) in [6, 6.07) is 4.64. The van der Waals surface area contributed by atoms with Gasteiger partial charge in [0.05, 0.1) is 11.5 Å². The molecule has 1 aliphatic carbocycles. The summed E-state index contributed by atoms with van der Waals surface area (Å²) in [5.74, 6) is 0.992. The smallest absolute Gasteiger partial charge is 0.416 e. The van der Waals surface area contributed by atoms with Gasteiger partial charge in [-0.3, -0.25) is 4.79 Å². The molecule has 1 atom stereocenters. The Kier molecular flexibility index (Phi) is 4.20. The van der Waals surface area contributed by atoms with Gasteiger partial charge < -0.3 is 9.32 Å². The van der Waals surface area contributed by atoms with Crippen LogP contribution in [-0.2, 0) is 11.0 Å². The highest BCUT2D eigenvalue weighted by molar-refractivity contribution is 5.81. The number of likely N-dealkylation sites (tertiary alicyclic amines) is 1. The zero-order valence-corrected chi connectivity index (χ0v) is 14.0. The van der Waals surface area contributed by atoms with Crippen LogP contribution in [0.3, 0.4) is 0 Å². The Morgan fingerprint density at radius 3 is 2.50 bits per heavy atom. The van der Waals surface area contributed by atoms with E-state index < -0.39 is 11.7 Å². The maximum Gasteiger partial charge on any atom is 0.416 e. The van der Waals surface area contributed by atoms with Crippen molar-refractivity contribution in [1.29, 1.82) is 0 Å². The van der Waals surface area contributed by atoms with E-state index in [4.69, 9.17) is 4.42 Å². The standard InChI is InChI=1S/C18H18F3N3O2/c19-18(20,21)14-7-5-11(6-8-14)15-22-23-16(26-15)13-2-1-9-24(10-13)17(25)12-3-4-12/h5-8,12-13H,1-4,9-10H2. The van der Waals surface area contributed by atoms with Crippen molar-refractivity contribution < 1.29 is 22.4 Å². The number of halogens is 3. The minimum Gasteiger partial charge on any atom is -0.420 e. The highest BCUT2D eigenvalue weighted by Gasteiger charge is 2.36. The number of benzene rings is 1. The Morgan fingerprint density at radius 2 is 1.85 bits per heavy atom. The quantitative estimate of drug-likeness (QED) is 0.828. The Balaban J connectivity index is 1.48. The normalized spacial score (nSPS) is 21.0. The van der Waals surface area contributed by atoms with Crippen LogP contribution in [0.1, 0.15) is 43.1 Å². The van der Waals surface area contributed by atoms with Crippen LogP contribution in [0.4, 0.5) is 13.2 Å². The topological polar surface area (TPSA) is 59.2 Å². The fourth-order valence-corrected chi connectivity index (χ4v) is 3.29. The molecule has 2 heterocycles. The first-order valence-electron chi connectivity index (χ1n) is 8.71. The van der Waals surface area contributed by atoms with E-state index in [-0.39, 0.29) is 23.6 Å². The third-order valence-electron chi connectivity index (χ3n) is 4.91. The van der Waals surface area contributed by atoms with E-state index in [0.29, 0.717) is 18.0 Å².